The molecule has 2 aliphatic rings. The first-order valence-electron chi connectivity index (χ1n) is 10.7. The van der Waals surface area contributed by atoms with Gasteiger partial charge >= 0.3 is 0 Å². The minimum atomic E-state index is -0.893. The van der Waals surface area contributed by atoms with E-state index in [0.717, 1.165) is 11.1 Å². The van der Waals surface area contributed by atoms with Crippen LogP contribution in [0.5, 0.6) is 0 Å². The smallest absolute Gasteiger partial charge is 0.214 e. The average Bonchev–Trinajstić information content (AvgIpc) is 2.79. The number of fused-ring (bicyclic) bond motifs is 1. The minimum Gasteiger partial charge on any atom is -0.467 e. The van der Waals surface area contributed by atoms with Gasteiger partial charge in [0.05, 0.1) is 24.7 Å². The van der Waals surface area contributed by atoms with Crippen molar-refractivity contribution in [2.75, 3.05) is 6.61 Å². The maximum Gasteiger partial charge on any atom is 0.214 e. The summed E-state index contributed by atoms with van der Waals surface area (Å²) in [4.78, 5) is 12.5. The van der Waals surface area contributed by atoms with Gasteiger partial charge in [0.1, 0.15) is 29.3 Å². The average molecular weight is 457 g/mol. The van der Waals surface area contributed by atoms with E-state index in [0.29, 0.717) is 23.9 Å². The van der Waals surface area contributed by atoms with Crippen molar-refractivity contribution in [1.82, 2.24) is 0 Å². The van der Waals surface area contributed by atoms with Crippen LogP contribution in [0, 0.1) is 0 Å². The Hall–Kier alpha value is -2.16. The molecule has 2 aliphatic heterocycles. The molecule has 2 aromatic rings. The molecule has 4 rings (SSSR count). The number of ketones is 1. The lowest BCUT2D eigenvalue weighted by atomic mass is 10.0. The van der Waals surface area contributed by atoms with Crippen LogP contribution >= 0.6 is 11.8 Å². The summed E-state index contributed by atoms with van der Waals surface area (Å²) in [5.74, 6) is 0.428. The molecule has 0 aliphatic carbocycles. The number of allylic oxidation sites excluding steroid dienone is 2. The highest BCUT2D eigenvalue weighted by molar-refractivity contribution is 8.04. The molecule has 0 unspecified atom stereocenters. The first-order valence-corrected chi connectivity index (χ1v) is 11.6. The molecule has 0 bridgehead atoms. The van der Waals surface area contributed by atoms with Crippen molar-refractivity contribution in [3.63, 3.8) is 0 Å². The topological polar surface area (TPSA) is 74.2 Å². The molecule has 0 radical (unpaired) electrons. The van der Waals surface area contributed by atoms with Gasteiger partial charge in [-0.05, 0) is 25.0 Å². The van der Waals surface area contributed by atoms with E-state index in [4.69, 9.17) is 18.9 Å². The summed E-state index contributed by atoms with van der Waals surface area (Å²) in [5.41, 5.74) is 2.05. The quantitative estimate of drug-likeness (QED) is 0.647. The number of benzene rings is 2. The van der Waals surface area contributed by atoms with E-state index in [1.54, 1.807) is 6.92 Å². The lowest BCUT2D eigenvalue weighted by Gasteiger charge is -2.46. The number of carbonyl (C=O) groups is 1. The van der Waals surface area contributed by atoms with Gasteiger partial charge in [-0.15, -0.1) is 11.8 Å². The maximum atomic E-state index is 12.0. The lowest BCUT2D eigenvalue weighted by Crippen LogP contribution is -2.59. The number of hydrogen-bond donors (Lipinski definition) is 1. The molecule has 1 N–H and O–H groups in total. The largest absolute Gasteiger partial charge is 0.467 e. The van der Waals surface area contributed by atoms with Gasteiger partial charge in [-0.25, -0.2) is 0 Å². The summed E-state index contributed by atoms with van der Waals surface area (Å²) in [7, 11) is 0. The summed E-state index contributed by atoms with van der Waals surface area (Å²) in [6, 6.07) is 19.7. The Balaban J connectivity index is 1.48. The van der Waals surface area contributed by atoms with Crippen molar-refractivity contribution >= 4 is 17.5 Å². The number of ether oxygens (including phenoxy) is 4. The molecule has 6 nitrogen and oxygen atoms in total. The fourth-order valence-electron chi connectivity index (χ4n) is 3.87. The standard InChI is InChI=1S/C25H28O6S/c1-16(26)23-17(2)30-25-24(32-23)21(27)22(29-14-19-11-7-4-8-12-19)20(31-25)15-28-13-18-9-5-3-6-10-18/h3-12,20-22,24-25,27H,13-15H2,1-2H3/t20-,21+,22-,24-,25+/m1/s1. The molecule has 7 heteroatoms. The Kier molecular flexibility index (Phi) is 7.65. The highest BCUT2D eigenvalue weighted by Gasteiger charge is 2.50. The Bertz CT molecular complexity index is 932. The van der Waals surface area contributed by atoms with Crippen LogP contribution in [0.3, 0.4) is 0 Å². The summed E-state index contributed by atoms with van der Waals surface area (Å²) < 4.78 is 24.1. The number of thioether (sulfide) groups is 1. The van der Waals surface area contributed by atoms with E-state index in [9.17, 15) is 9.90 Å². The van der Waals surface area contributed by atoms with Gasteiger partial charge in [0.15, 0.2) is 5.78 Å². The van der Waals surface area contributed by atoms with E-state index in [1.165, 1.54) is 18.7 Å². The first kappa shape index (κ1) is 23.0. The number of hydrogen-bond acceptors (Lipinski definition) is 7. The molecule has 2 aromatic carbocycles. The van der Waals surface area contributed by atoms with Crippen molar-refractivity contribution < 1.29 is 28.8 Å². The molecule has 0 saturated carbocycles. The minimum absolute atomic E-state index is 0.0896. The van der Waals surface area contributed by atoms with Gasteiger partial charge in [-0.2, -0.15) is 0 Å². The maximum absolute atomic E-state index is 12.0. The SMILES string of the molecule is CC(=O)C1=C(C)O[C@H]2O[C@H](COCc3ccccc3)[C@@H](OCc3ccccc3)[C@H](O)[C@H]2S1. The summed E-state index contributed by atoms with van der Waals surface area (Å²) >= 11 is 1.30. The predicted molar refractivity (Wildman–Crippen MR) is 122 cm³/mol. The second-order valence-electron chi connectivity index (χ2n) is 7.94. The molecule has 170 valence electrons. The van der Waals surface area contributed by atoms with Crippen molar-refractivity contribution in [3.8, 4) is 0 Å². The molecular weight excluding hydrogens is 428 g/mol. The molecule has 1 saturated heterocycles. The number of Topliss-reactive ketones (excluding diaryl/α,β-unsaturated/α-hetero) is 1. The molecule has 2 heterocycles. The van der Waals surface area contributed by atoms with Crippen LogP contribution in [0.1, 0.15) is 25.0 Å². The molecule has 0 aromatic heterocycles. The molecule has 1 fully saturated rings. The zero-order valence-electron chi connectivity index (χ0n) is 18.2. The molecule has 0 amide bonds. The van der Waals surface area contributed by atoms with Crippen LogP contribution in [-0.2, 0) is 37.0 Å². The Labute approximate surface area is 192 Å². The van der Waals surface area contributed by atoms with Gasteiger partial charge in [0.2, 0.25) is 6.29 Å². The molecular formula is C25H28O6S. The lowest BCUT2D eigenvalue weighted by molar-refractivity contribution is -0.257. The Morgan fingerprint density at radius 3 is 2.28 bits per heavy atom. The zero-order chi connectivity index (χ0) is 22.5. The third kappa shape index (κ3) is 5.42. The fourth-order valence-corrected chi connectivity index (χ4v) is 5.04. The Morgan fingerprint density at radius 1 is 1.03 bits per heavy atom. The van der Waals surface area contributed by atoms with Gasteiger partial charge < -0.3 is 24.1 Å². The van der Waals surface area contributed by atoms with E-state index in [-0.39, 0.29) is 12.4 Å². The zero-order valence-corrected chi connectivity index (χ0v) is 19.0. The number of aliphatic hydroxyl groups excluding tert-OH is 1. The monoisotopic (exact) mass is 456 g/mol. The van der Waals surface area contributed by atoms with Crippen LogP contribution in [0.15, 0.2) is 71.3 Å². The molecule has 5 atom stereocenters. The first-order chi connectivity index (χ1) is 15.5. The van der Waals surface area contributed by atoms with Crippen molar-refractivity contribution in [2.24, 2.45) is 0 Å². The predicted octanol–water partition coefficient (Wildman–Crippen LogP) is 3.83. The van der Waals surface area contributed by atoms with Gasteiger partial charge in [-0.3, -0.25) is 4.79 Å². The van der Waals surface area contributed by atoms with Crippen molar-refractivity contribution in [1.29, 1.82) is 0 Å². The third-order valence-electron chi connectivity index (χ3n) is 5.48. The van der Waals surface area contributed by atoms with Crippen molar-refractivity contribution in [2.45, 2.75) is 56.9 Å². The second-order valence-corrected chi connectivity index (χ2v) is 9.13. The van der Waals surface area contributed by atoms with Gasteiger partial charge in [-0.1, -0.05) is 60.7 Å². The number of rotatable bonds is 8. The van der Waals surface area contributed by atoms with E-state index >= 15 is 0 Å². The summed E-state index contributed by atoms with van der Waals surface area (Å²) in [6.07, 6.45) is -2.73. The van der Waals surface area contributed by atoms with E-state index in [1.807, 2.05) is 60.7 Å². The highest BCUT2D eigenvalue weighted by Crippen LogP contribution is 2.42. The summed E-state index contributed by atoms with van der Waals surface area (Å²) in [5, 5.41) is 10.8. The highest BCUT2D eigenvalue weighted by atomic mass is 32.2. The van der Waals surface area contributed by atoms with E-state index < -0.39 is 29.9 Å². The van der Waals surface area contributed by atoms with Crippen LogP contribution < -0.4 is 0 Å². The summed E-state index contributed by atoms with van der Waals surface area (Å²) in [6.45, 7) is 4.24. The van der Waals surface area contributed by atoms with E-state index in [2.05, 4.69) is 0 Å². The second kappa shape index (κ2) is 10.6. The van der Waals surface area contributed by atoms with Gasteiger partial charge in [0, 0.05) is 0 Å². The molecule has 32 heavy (non-hydrogen) atoms. The number of carbonyl (C=O) groups excluding carboxylic acids is 1. The molecule has 0 spiro atoms. The number of aliphatic hydroxyl groups is 1. The Morgan fingerprint density at radius 2 is 1.66 bits per heavy atom. The third-order valence-corrected chi connectivity index (χ3v) is 7.07. The van der Waals surface area contributed by atoms with Crippen molar-refractivity contribution in [3.05, 3.63) is 82.5 Å². The fraction of sp³-hybridized carbons (Fsp3) is 0.400. The van der Waals surface area contributed by atoms with Crippen LogP contribution in [-0.4, -0.2) is 47.3 Å². The van der Waals surface area contributed by atoms with Crippen LogP contribution in [0.2, 0.25) is 0 Å². The van der Waals surface area contributed by atoms with Gasteiger partial charge in [0.25, 0.3) is 0 Å². The van der Waals surface area contributed by atoms with Crippen LogP contribution in [0.4, 0.5) is 0 Å². The normalized spacial score (nSPS) is 27.5. The van der Waals surface area contributed by atoms with Crippen LogP contribution in [0.25, 0.3) is 0 Å².